The predicted octanol–water partition coefficient (Wildman–Crippen LogP) is 3.40. The van der Waals surface area contributed by atoms with Crippen LogP contribution in [0.15, 0.2) is 84.0 Å². The van der Waals surface area contributed by atoms with Gasteiger partial charge in [-0.05, 0) is 35.4 Å². The highest BCUT2D eigenvalue weighted by Gasteiger charge is 2.13. The molecular formula is C21H19N3O2S. The Morgan fingerprint density at radius 1 is 0.889 bits per heavy atom. The van der Waals surface area contributed by atoms with Gasteiger partial charge in [0.15, 0.2) is 9.84 Å². The molecule has 0 aliphatic rings. The average molecular weight is 377 g/mol. The van der Waals surface area contributed by atoms with E-state index in [0.29, 0.717) is 4.90 Å². The van der Waals surface area contributed by atoms with Crippen molar-refractivity contribution in [2.24, 2.45) is 5.73 Å². The third kappa shape index (κ3) is 3.37. The van der Waals surface area contributed by atoms with Crippen molar-refractivity contribution in [1.29, 1.82) is 0 Å². The zero-order chi connectivity index (χ0) is 18.9. The molecule has 0 fully saturated rings. The molecule has 0 bridgehead atoms. The molecule has 2 N–H and O–H groups in total. The van der Waals surface area contributed by atoms with Gasteiger partial charge in [-0.15, -0.1) is 0 Å². The van der Waals surface area contributed by atoms with Crippen molar-refractivity contribution in [3.05, 3.63) is 79.1 Å². The Bertz CT molecular complexity index is 1180. The molecule has 2 aromatic carbocycles. The maximum Gasteiger partial charge on any atom is 0.179 e. The number of hydrogen-bond acceptors (Lipinski definition) is 4. The molecule has 136 valence electrons. The van der Waals surface area contributed by atoms with Crippen molar-refractivity contribution in [1.82, 2.24) is 9.38 Å². The van der Waals surface area contributed by atoms with Gasteiger partial charge < -0.3 is 5.73 Å². The number of nitrogens with zero attached hydrogens (tertiary/aromatic N) is 2. The van der Waals surface area contributed by atoms with Crippen molar-refractivity contribution in [3.8, 4) is 22.4 Å². The van der Waals surface area contributed by atoms with Crippen molar-refractivity contribution in [3.63, 3.8) is 0 Å². The third-order valence-electron chi connectivity index (χ3n) is 4.52. The fourth-order valence-electron chi connectivity index (χ4n) is 3.11. The van der Waals surface area contributed by atoms with Crippen molar-refractivity contribution < 1.29 is 8.42 Å². The molecule has 0 unspecified atom stereocenters. The maximum atomic E-state index is 12.1. The first kappa shape index (κ1) is 17.5. The van der Waals surface area contributed by atoms with E-state index >= 15 is 0 Å². The summed E-state index contributed by atoms with van der Waals surface area (Å²) in [5.41, 5.74) is 10.3. The molecule has 0 spiro atoms. The lowest BCUT2D eigenvalue weighted by Crippen LogP contribution is -2.15. The van der Waals surface area contributed by atoms with Crippen molar-refractivity contribution >= 4 is 15.5 Å². The fraction of sp³-hybridized carbons (Fsp3) is 0.0952. The van der Waals surface area contributed by atoms with E-state index in [2.05, 4.69) is 17.1 Å². The highest BCUT2D eigenvalue weighted by molar-refractivity contribution is 7.91. The Kier molecular flexibility index (Phi) is 4.51. The van der Waals surface area contributed by atoms with Crippen LogP contribution in [0.25, 0.3) is 28.0 Å². The number of rotatable bonds is 5. The van der Waals surface area contributed by atoms with Crippen LogP contribution in [0.5, 0.6) is 0 Å². The number of imidazole rings is 1. The van der Waals surface area contributed by atoms with Gasteiger partial charge in [0, 0.05) is 18.3 Å². The number of sulfone groups is 1. The second-order valence-electron chi connectivity index (χ2n) is 6.29. The first-order valence-electron chi connectivity index (χ1n) is 8.64. The average Bonchev–Trinajstić information content (AvgIpc) is 3.12. The molecule has 0 aliphatic heterocycles. The Balaban J connectivity index is 1.69. The Morgan fingerprint density at radius 2 is 1.63 bits per heavy atom. The van der Waals surface area contributed by atoms with E-state index in [0.717, 1.165) is 28.0 Å². The number of hydrogen-bond donors (Lipinski definition) is 1. The quantitative estimate of drug-likeness (QED) is 0.578. The summed E-state index contributed by atoms with van der Waals surface area (Å²) >= 11 is 0. The highest BCUT2D eigenvalue weighted by Crippen LogP contribution is 2.26. The maximum absolute atomic E-state index is 12.1. The fourth-order valence-corrected chi connectivity index (χ4v) is 4.21. The van der Waals surface area contributed by atoms with E-state index in [4.69, 9.17) is 5.73 Å². The number of aromatic nitrogens is 2. The van der Waals surface area contributed by atoms with Gasteiger partial charge in [0.2, 0.25) is 0 Å². The lowest BCUT2D eigenvalue weighted by atomic mass is 10.1. The van der Waals surface area contributed by atoms with E-state index in [1.165, 1.54) is 0 Å². The summed E-state index contributed by atoms with van der Waals surface area (Å²) in [6.45, 7) is 0.115. The van der Waals surface area contributed by atoms with Gasteiger partial charge in [0.05, 0.1) is 22.5 Å². The van der Waals surface area contributed by atoms with Crippen LogP contribution in [-0.2, 0) is 9.84 Å². The van der Waals surface area contributed by atoms with Crippen LogP contribution in [0, 0.1) is 0 Å². The minimum atomic E-state index is -3.31. The predicted molar refractivity (Wildman–Crippen MR) is 107 cm³/mol. The van der Waals surface area contributed by atoms with E-state index in [9.17, 15) is 8.42 Å². The minimum absolute atomic E-state index is 0.0470. The molecule has 6 heteroatoms. The van der Waals surface area contributed by atoms with Gasteiger partial charge in [-0.25, -0.2) is 13.4 Å². The van der Waals surface area contributed by atoms with Gasteiger partial charge in [-0.1, -0.05) is 42.5 Å². The molecule has 27 heavy (non-hydrogen) atoms. The molecular weight excluding hydrogens is 358 g/mol. The summed E-state index contributed by atoms with van der Waals surface area (Å²) in [5.74, 6) is -0.0470. The molecule has 4 aromatic rings. The number of benzene rings is 2. The number of fused-ring (bicyclic) bond motifs is 1. The normalized spacial score (nSPS) is 11.7. The molecule has 4 rings (SSSR count). The van der Waals surface area contributed by atoms with Crippen LogP contribution in [0.3, 0.4) is 0 Å². The molecule has 0 saturated heterocycles. The van der Waals surface area contributed by atoms with Crippen LogP contribution in [0.2, 0.25) is 0 Å². The zero-order valence-electron chi connectivity index (χ0n) is 14.6. The first-order valence-corrected chi connectivity index (χ1v) is 10.3. The van der Waals surface area contributed by atoms with Crippen LogP contribution < -0.4 is 5.73 Å². The summed E-state index contributed by atoms with van der Waals surface area (Å²) in [5, 5.41) is 0. The van der Waals surface area contributed by atoms with Gasteiger partial charge in [0.25, 0.3) is 0 Å². The van der Waals surface area contributed by atoms with E-state index in [-0.39, 0.29) is 12.3 Å². The first-order chi connectivity index (χ1) is 13.1. The van der Waals surface area contributed by atoms with Crippen LogP contribution >= 0.6 is 0 Å². The monoisotopic (exact) mass is 377 g/mol. The Hall–Kier alpha value is -2.96. The minimum Gasteiger partial charge on any atom is -0.329 e. The van der Waals surface area contributed by atoms with E-state index in [1.54, 1.807) is 12.1 Å². The SMILES string of the molecule is NCCS(=O)(=O)c1ccc(-c2ccn3c(-c4ccccc4)cnc3c2)cc1. The van der Waals surface area contributed by atoms with Gasteiger partial charge in [-0.2, -0.15) is 0 Å². The van der Waals surface area contributed by atoms with Gasteiger partial charge in [-0.3, -0.25) is 4.40 Å². The molecule has 2 aromatic heterocycles. The zero-order valence-corrected chi connectivity index (χ0v) is 15.4. The summed E-state index contributed by atoms with van der Waals surface area (Å²) < 4.78 is 26.2. The summed E-state index contributed by atoms with van der Waals surface area (Å²) in [6.07, 6.45) is 3.84. The highest BCUT2D eigenvalue weighted by atomic mass is 32.2. The lowest BCUT2D eigenvalue weighted by Gasteiger charge is -2.07. The lowest BCUT2D eigenvalue weighted by molar-refractivity contribution is 0.596. The van der Waals surface area contributed by atoms with Crippen LogP contribution in [-0.4, -0.2) is 30.1 Å². The third-order valence-corrected chi connectivity index (χ3v) is 6.28. The molecule has 0 amide bonds. The molecule has 5 nitrogen and oxygen atoms in total. The second kappa shape index (κ2) is 6.98. The van der Waals surface area contributed by atoms with Crippen molar-refractivity contribution in [2.75, 3.05) is 12.3 Å². The smallest absolute Gasteiger partial charge is 0.179 e. The Morgan fingerprint density at radius 3 is 2.33 bits per heavy atom. The molecule has 0 atom stereocenters. The van der Waals surface area contributed by atoms with Gasteiger partial charge in [0.1, 0.15) is 5.65 Å². The largest absolute Gasteiger partial charge is 0.329 e. The van der Waals surface area contributed by atoms with Crippen molar-refractivity contribution in [2.45, 2.75) is 4.90 Å². The summed E-state index contributed by atoms with van der Waals surface area (Å²) in [4.78, 5) is 4.81. The topological polar surface area (TPSA) is 77.5 Å². The van der Waals surface area contributed by atoms with Crippen LogP contribution in [0.4, 0.5) is 0 Å². The number of nitrogens with two attached hydrogens (primary N) is 1. The summed E-state index contributed by atoms with van der Waals surface area (Å²) in [6, 6.07) is 21.0. The molecule has 0 aliphatic carbocycles. The molecule has 0 saturated carbocycles. The summed E-state index contributed by atoms with van der Waals surface area (Å²) in [7, 11) is -3.31. The molecule has 0 radical (unpaired) electrons. The van der Waals surface area contributed by atoms with Crippen LogP contribution in [0.1, 0.15) is 0 Å². The Labute approximate surface area is 158 Å². The number of pyridine rings is 1. The molecule has 2 heterocycles. The van der Waals surface area contributed by atoms with E-state index in [1.807, 2.05) is 59.3 Å². The van der Waals surface area contributed by atoms with Gasteiger partial charge >= 0.3 is 0 Å². The second-order valence-corrected chi connectivity index (χ2v) is 8.39. The standard InChI is InChI=1S/C21H19N3O2S/c22-11-13-27(25,26)19-8-6-16(7-9-19)18-10-12-24-20(15-23-21(24)14-18)17-4-2-1-3-5-17/h1-10,12,14-15H,11,13,22H2. The van der Waals surface area contributed by atoms with E-state index < -0.39 is 9.84 Å².